The lowest BCUT2D eigenvalue weighted by Crippen LogP contribution is -2.26. The van der Waals surface area contributed by atoms with Crippen LogP contribution in [-0.4, -0.2) is 12.7 Å². The van der Waals surface area contributed by atoms with Crippen LogP contribution in [0.15, 0.2) is 24.3 Å². The van der Waals surface area contributed by atoms with Crippen molar-refractivity contribution >= 4 is 11.6 Å². The Labute approximate surface area is 97.6 Å². The number of halogens is 4. The molecule has 1 rings (SSSR count). The van der Waals surface area contributed by atoms with Crippen LogP contribution in [0.4, 0.5) is 13.2 Å². The van der Waals surface area contributed by atoms with Gasteiger partial charge in [0, 0.05) is 11.1 Å². The van der Waals surface area contributed by atoms with E-state index < -0.39 is 18.6 Å². The first-order valence-electron chi connectivity index (χ1n) is 4.98. The molecule has 0 amide bonds. The van der Waals surface area contributed by atoms with E-state index in [1.165, 1.54) is 0 Å². The largest absolute Gasteiger partial charge is 0.390 e. The average molecular weight is 252 g/mol. The van der Waals surface area contributed by atoms with Crippen LogP contribution in [0.5, 0.6) is 0 Å². The lowest BCUT2D eigenvalue weighted by molar-refractivity contribution is -0.140. The molecule has 0 saturated carbocycles. The standard InChI is InChI=1S/C11H13ClF3N/c1-2-16-10(7-11(13,14)15)8-4-3-5-9(12)6-8/h3-6,10,16H,2,7H2,1H3. The highest BCUT2D eigenvalue weighted by molar-refractivity contribution is 6.30. The minimum atomic E-state index is -4.19. The molecular formula is C11H13ClF3N. The van der Waals surface area contributed by atoms with Crippen LogP contribution in [0, 0.1) is 0 Å². The normalized spacial score (nSPS) is 13.8. The Kier molecular flexibility index (Phi) is 4.62. The summed E-state index contributed by atoms with van der Waals surface area (Å²) in [5, 5.41) is 3.25. The SMILES string of the molecule is CCNC(CC(F)(F)F)c1cccc(Cl)c1. The molecule has 0 spiro atoms. The molecule has 0 heterocycles. The molecular weight excluding hydrogens is 239 g/mol. The van der Waals surface area contributed by atoms with Gasteiger partial charge < -0.3 is 5.32 Å². The van der Waals surface area contributed by atoms with Crippen LogP contribution in [0.2, 0.25) is 5.02 Å². The summed E-state index contributed by atoms with van der Waals surface area (Å²) in [5.74, 6) is 0. The molecule has 0 aliphatic heterocycles. The molecule has 0 aliphatic carbocycles. The second-order valence-electron chi connectivity index (χ2n) is 3.48. The van der Waals surface area contributed by atoms with E-state index in [0.29, 0.717) is 17.1 Å². The van der Waals surface area contributed by atoms with Gasteiger partial charge in [-0.15, -0.1) is 0 Å². The van der Waals surface area contributed by atoms with Gasteiger partial charge in [0.1, 0.15) is 0 Å². The van der Waals surface area contributed by atoms with Crippen molar-refractivity contribution in [1.29, 1.82) is 0 Å². The maximum absolute atomic E-state index is 12.3. The molecule has 1 aromatic rings. The fourth-order valence-electron chi connectivity index (χ4n) is 1.51. The zero-order valence-corrected chi connectivity index (χ0v) is 9.57. The van der Waals surface area contributed by atoms with Gasteiger partial charge in [0.25, 0.3) is 0 Å². The summed E-state index contributed by atoms with van der Waals surface area (Å²) in [4.78, 5) is 0. The number of hydrogen-bond donors (Lipinski definition) is 1. The summed E-state index contributed by atoms with van der Waals surface area (Å²) in [6.07, 6.45) is -5.07. The van der Waals surface area contributed by atoms with E-state index in [1.807, 2.05) is 0 Å². The second kappa shape index (κ2) is 5.55. The van der Waals surface area contributed by atoms with Crippen molar-refractivity contribution in [3.8, 4) is 0 Å². The molecule has 90 valence electrons. The van der Waals surface area contributed by atoms with Crippen molar-refractivity contribution in [1.82, 2.24) is 5.32 Å². The highest BCUT2D eigenvalue weighted by atomic mass is 35.5. The summed E-state index contributed by atoms with van der Waals surface area (Å²) in [5.41, 5.74) is 0.562. The first-order valence-corrected chi connectivity index (χ1v) is 5.36. The Morgan fingerprint density at radius 2 is 2.06 bits per heavy atom. The average Bonchev–Trinajstić information content (AvgIpc) is 2.15. The van der Waals surface area contributed by atoms with Gasteiger partial charge >= 0.3 is 6.18 Å². The third kappa shape index (κ3) is 4.41. The molecule has 16 heavy (non-hydrogen) atoms. The van der Waals surface area contributed by atoms with Crippen LogP contribution in [0.1, 0.15) is 24.9 Å². The van der Waals surface area contributed by atoms with Gasteiger partial charge in [-0.25, -0.2) is 0 Å². The monoisotopic (exact) mass is 251 g/mol. The zero-order valence-electron chi connectivity index (χ0n) is 8.81. The molecule has 0 bridgehead atoms. The highest BCUT2D eigenvalue weighted by Crippen LogP contribution is 2.30. The van der Waals surface area contributed by atoms with E-state index >= 15 is 0 Å². The molecule has 1 nitrogen and oxygen atoms in total. The summed E-state index contributed by atoms with van der Waals surface area (Å²) in [7, 11) is 0. The predicted octanol–water partition coefficient (Wildman–Crippen LogP) is 3.94. The maximum Gasteiger partial charge on any atom is 0.390 e. The topological polar surface area (TPSA) is 12.0 Å². The first kappa shape index (κ1) is 13.3. The Morgan fingerprint density at radius 3 is 2.56 bits per heavy atom. The van der Waals surface area contributed by atoms with E-state index in [1.54, 1.807) is 31.2 Å². The van der Waals surface area contributed by atoms with Gasteiger partial charge in [0.2, 0.25) is 0 Å². The molecule has 0 radical (unpaired) electrons. The van der Waals surface area contributed by atoms with Crippen molar-refractivity contribution in [2.45, 2.75) is 25.6 Å². The van der Waals surface area contributed by atoms with Crippen LogP contribution >= 0.6 is 11.6 Å². The number of benzene rings is 1. The Bertz CT molecular complexity index is 338. The summed E-state index contributed by atoms with van der Waals surface area (Å²) in [6.45, 7) is 2.25. The van der Waals surface area contributed by atoms with E-state index in [2.05, 4.69) is 5.32 Å². The van der Waals surface area contributed by atoms with E-state index in [4.69, 9.17) is 11.6 Å². The van der Waals surface area contributed by atoms with E-state index in [9.17, 15) is 13.2 Å². The van der Waals surface area contributed by atoms with Crippen molar-refractivity contribution in [3.05, 3.63) is 34.9 Å². The molecule has 0 fully saturated rings. The third-order valence-electron chi connectivity index (χ3n) is 2.14. The quantitative estimate of drug-likeness (QED) is 0.855. The molecule has 1 N–H and O–H groups in total. The molecule has 5 heteroatoms. The lowest BCUT2D eigenvalue weighted by atomic mass is 10.0. The van der Waals surface area contributed by atoms with Crippen molar-refractivity contribution in [2.24, 2.45) is 0 Å². The highest BCUT2D eigenvalue weighted by Gasteiger charge is 2.32. The molecule has 0 aliphatic rings. The van der Waals surface area contributed by atoms with Crippen molar-refractivity contribution < 1.29 is 13.2 Å². The molecule has 1 aromatic carbocycles. The van der Waals surface area contributed by atoms with Gasteiger partial charge in [-0.3, -0.25) is 0 Å². The van der Waals surface area contributed by atoms with E-state index in [0.717, 1.165) is 0 Å². The van der Waals surface area contributed by atoms with Crippen molar-refractivity contribution in [2.75, 3.05) is 6.54 Å². The number of hydrogen-bond acceptors (Lipinski definition) is 1. The van der Waals surface area contributed by atoms with E-state index in [-0.39, 0.29) is 0 Å². The van der Waals surface area contributed by atoms with Gasteiger partial charge in [-0.05, 0) is 24.2 Å². The first-order chi connectivity index (χ1) is 7.42. The van der Waals surface area contributed by atoms with Crippen LogP contribution in [-0.2, 0) is 0 Å². The van der Waals surface area contributed by atoms with Gasteiger partial charge in [0.15, 0.2) is 0 Å². The minimum absolute atomic E-state index is 0.447. The fourth-order valence-corrected chi connectivity index (χ4v) is 1.71. The lowest BCUT2D eigenvalue weighted by Gasteiger charge is -2.20. The van der Waals surface area contributed by atoms with Gasteiger partial charge in [0.05, 0.1) is 6.42 Å². The maximum atomic E-state index is 12.3. The molecule has 1 unspecified atom stereocenters. The number of rotatable bonds is 4. The van der Waals surface area contributed by atoms with Crippen molar-refractivity contribution in [3.63, 3.8) is 0 Å². The summed E-state index contributed by atoms with van der Waals surface area (Å²) >= 11 is 5.75. The fraction of sp³-hybridized carbons (Fsp3) is 0.455. The molecule has 1 atom stereocenters. The number of nitrogens with one attached hydrogen (secondary N) is 1. The Hall–Kier alpha value is -0.740. The second-order valence-corrected chi connectivity index (χ2v) is 3.92. The minimum Gasteiger partial charge on any atom is -0.310 e. The zero-order chi connectivity index (χ0) is 12.2. The van der Waals surface area contributed by atoms with Crippen LogP contribution < -0.4 is 5.32 Å². The third-order valence-corrected chi connectivity index (χ3v) is 2.37. The van der Waals surface area contributed by atoms with Gasteiger partial charge in [-0.2, -0.15) is 13.2 Å². The number of alkyl halides is 3. The molecule has 0 aromatic heterocycles. The predicted molar refractivity (Wildman–Crippen MR) is 58.5 cm³/mol. The van der Waals surface area contributed by atoms with Gasteiger partial charge in [-0.1, -0.05) is 30.7 Å². The van der Waals surface area contributed by atoms with Crippen LogP contribution in [0.25, 0.3) is 0 Å². The summed E-state index contributed by atoms with van der Waals surface area (Å²) < 4.78 is 37.0. The Morgan fingerprint density at radius 1 is 1.38 bits per heavy atom. The summed E-state index contributed by atoms with van der Waals surface area (Å²) in [6, 6.07) is 5.76. The van der Waals surface area contributed by atoms with Crippen LogP contribution in [0.3, 0.4) is 0 Å². The smallest absolute Gasteiger partial charge is 0.310 e. The molecule has 0 saturated heterocycles. The Balaban J connectivity index is 2.85.